The number of nitrogens with zero attached hydrogens (tertiary/aromatic N) is 3. The van der Waals surface area contributed by atoms with Crippen molar-refractivity contribution in [2.24, 2.45) is 0 Å². The van der Waals surface area contributed by atoms with Gasteiger partial charge in [-0.3, -0.25) is 0 Å². The lowest BCUT2D eigenvalue weighted by atomic mass is 10.1. The monoisotopic (exact) mass is 272 g/mol. The highest BCUT2D eigenvalue weighted by Gasteiger charge is 2.13. The van der Waals surface area contributed by atoms with Crippen LogP contribution in [0, 0.1) is 11.3 Å². The molecule has 0 radical (unpaired) electrons. The van der Waals surface area contributed by atoms with Gasteiger partial charge in [-0.05, 0) is 25.0 Å². The Labute approximate surface area is 117 Å². The smallest absolute Gasteiger partial charge is 0.133 e. The number of rotatable bonds is 5. The largest absolute Gasteiger partial charge is 0.370 e. The topological polar surface area (TPSA) is 61.6 Å². The first-order valence-electron chi connectivity index (χ1n) is 6.38. The third-order valence-electron chi connectivity index (χ3n) is 2.79. The molecule has 0 spiro atoms. The van der Waals surface area contributed by atoms with Gasteiger partial charge in [-0.2, -0.15) is 5.26 Å². The first-order valence-corrected chi connectivity index (χ1v) is 7.19. The van der Waals surface area contributed by atoms with Crippen LogP contribution in [0.4, 0.5) is 5.82 Å². The second-order valence-corrected chi connectivity index (χ2v) is 5.19. The number of aromatic nitrogens is 2. The molecular formula is C14H16N4S. The Morgan fingerprint density at radius 2 is 2.16 bits per heavy atom. The fourth-order valence-electron chi connectivity index (χ4n) is 1.88. The fraction of sp³-hybridized carbons (Fsp3) is 0.357. The molecule has 1 N–H and O–H groups in total. The Bertz CT molecular complexity index is 598. The van der Waals surface area contributed by atoms with E-state index in [2.05, 4.69) is 35.2 Å². The molecule has 0 saturated heterocycles. The zero-order valence-corrected chi connectivity index (χ0v) is 11.9. The summed E-state index contributed by atoms with van der Waals surface area (Å²) in [6, 6.07) is 5.95. The first kappa shape index (κ1) is 13.5. The molecule has 4 nitrogen and oxygen atoms in total. The van der Waals surface area contributed by atoms with Crippen LogP contribution in [-0.4, -0.2) is 16.5 Å². The lowest BCUT2D eigenvalue weighted by molar-refractivity contribution is 0.950. The Hall–Kier alpha value is -1.93. The van der Waals surface area contributed by atoms with Crippen LogP contribution in [-0.2, 0) is 6.42 Å². The van der Waals surface area contributed by atoms with E-state index in [-0.39, 0.29) is 0 Å². The van der Waals surface area contributed by atoms with E-state index < -0.39 is 0 Å². The van der Waals surface area contributed by atoms with Gasteiger partial charge in [-0.15, -0.1) is 11.3 Å². The molecule has 0 aliphatic rings. The highest BCUT2D eigenvalue weighted by molar-refractivity contribution is 7.16. The van der Waals surface area contributed by atoms with E-state index in [1.54, 1.807) is 6.33 Å². The van der Waals surface area contributed by atoms with Gasteiger partial charge in [-0.25, -0.2) is 9.97 Å². The molecule has 0 atom stereocenters. The van der Waals surface area contributed by atoms with Gasteiger partial charge < -0.3 is 5.32 Å². The van der Waals surface area contributed by atoms with Gasteiger partial charge in [0.25, 0.3) is 0 Å². The molecule has 19 heavy (non-hydrogen) atoms. The molecule has 2 heterocycles. The summed E-state index contributed by atoms with van der Waals surface area (Å²) in [5.41, 5.74) is 2.05. The minimum atomic E-state index is 0.707. The van der Waals surface area contributed by atoms with Crippen molar-refractivity contribution in [3.05, 3.63) is 28.9 Å². The molecule has 2 rings (SSSR count). The van der Waals surface area contributed by atoms with Crippen LogP contribution in [0.5, 0.6) is 0 Å². The van der Waals surface area contributed by atoms with Gasteiger partial charge in [0, 0.05) is 12.1 Å². The van der Waals surface area contributed by atoms with E-state index in [1.165, 1.54) is 11.3 Å². The molecule has 0 amide bonds. The van der Waals surface area contributed by atoms with Gasteiger partial charge in [0.15, 0.2) is 0 Å². The molecule has 0 aliphatic carbocycles. The van der Waals surface area contributed by atoms with Crippen LogP contribution in [0.25, 0.3) is 10.6 Å². The van der Waals surface area contributed by atoms with Crippen molar-refractivity contribution in [1.29, 1.82) is 5.26 Å². The van der Waals surface area contributed by atoms with Crippen LogP contribution in [0.1, 0.15) is 30.7 Å². The van der Waals surface area contributed by atoms with E-state index in [0.717, 1.165) is 41.3 Å². The average molecular weight is 272 g/mol. The highest BCUT2D eigenvalue weighted by atomic mass is 32.1. The lowest BCUT2D eigenvalue weighted by Gasteiger charge is -2.11. The van der Waals surface area contributed by atoms with Crippen molar-refractivity contribution in [3.63, 3.8) is 0 Å². The third-order valence-corrected chi connectivity index (χ3v) is 3.79. The maximum absolute atomic E-state index is 8.91. The quantitative estimate of drug-likeness (QED) is 0.905. The highest BCUT2D eigenvalue weighted by Crippen LogP contribution is 2.31. The second kappa shape index (κ2) is 6.30. The SMILES string of the molecule is CCCNc1ncnc(-c2ccc(C#N)s2)c1CC. The van der Waals surface area contributed by atoms with E-state index in [4.69, 9.17) is 5.26 Å². The Morgan fingerprint density at radius 3 is 2.79 bits per heavy atom. The molecule has 0 fully saturated rings. The predicted octanol–water partition coefficient (Wildman–Crippen LogP) is 3.46. The van der Waals surface area contributed by atoms with Crippen molar-refractivity contribution in [2.75, 3.05) is 11.9 Å². The van der Waals surface area contributed by atoms with E-state index >= 15 is 0 Å². The van der Waals surface area contributed by atoms with Crippen LogP contribution in [0.3, 0.4) is 0 Å². The molecule has 98 valence electrons. The molecule has 2 aromatic heterocycles. The third kappa shape index (κ3) is 2.91. The number of nitriles is 1. The van der Waals surface area contributed by atoms with E-state index in [0.29, 0.717) is 4.88 Å². The second-order valence-electron chi connectivity index (χ2n) is 4.11. The van der Waals surface area contributed by atoms with Crippen molar-refractivity contribution in [1.82, 2.24) is 9.97 Å². The maximum atomic E-state index is 8.91. The first-order chi connectivity index (χ1) is 9.30. The van der Waals surface area contributed by atoms with Crippen LogP contribution in [0.15, 0.2) is 18.5 Å². The van der Waals surface area contributed by atoms with Gasteiger partial charge in [0.05, 0.1) is 10.6 Å². The van der Waals surface area contributed by atoms with Crippen LogP contribution in [0.2, 0.25) is 0 Å². The van der Waals surface area contributed by atoms with E-state index in [9.17, 15) is 0 Å². The minimum absolute atomic E-state index is 0.707. The van der Waals surface area contributed by atoms with Gasteiger partial charge >= 0.3 is 0 Å². The summed E-state index contributed by atoms with van der Waals surface area (Å²) in [5.74, 6) is 0.904. The normalized spacial score (nSPS) is 10.2. The number of nitrogens with one attached hydrogen (secondary N) is 1. The number of hydrogen-bond donors (Lipinski definition) is 1. The summed E-state index contributed by atoms with van der Waals surface area (Å²) < 4.78 is 0. The number of anilines is 1. The molecule has 0 saturated carbocycles. The summed E-state index contributed by atoms with van der Waals surface area (Å²) in [4.78, 5) is 10.4. The van der Waals surface area contributed by atoms with Crippen molar-refractivity contribution in [3.8, 4) is 16.6 Å². The summed E-state index contributed by atoms with van der Waals surface area (Å²) in [7, 11) is 0. The van der Waals surface area contributed by atoms with Crippen LogP contribution >= 0.6 is 11.3 Å². The zero-order chi connectivity index (χ0) is 13.7. The Kier molecular flexibility index (Phi) is 4.48. The minimum Gasteiger partial charge on any atom is -0.370 e. The standard InChI is InChI=1S/C14H16N4S/c1-3-7-16-14-11(4-2)13(17-9-18-14)12-6-5-10(8-15)19-12/h5-6,9H,3-4,7H2,1-2H3,(H,16,17,18). The Morgan fingerprint density at radius 1 is 1.32 bits per heavy atom. The summed E-state index contributed by atoms with van der Waals surface area (Å²) in [6.45, 7) is 5.12. The molecule has 0 aliphatic heterocycles. The van der Waals surface area contributed by atoms with Crippen molar-refractivity contribution >= 4 is 17.2 Å². The molecule has 0 aromatic carbocycles. The number of hydrogen-bond acceptors (Lipinski definition) is 5. The molecule has 5 heteroatoms. The van der Waals surface area contributed by atoms with Gasteiger partial charge in [-0.1, -0.05) is 13.8 Å². The zero-order valence-electron chi connectivity index (χ0n) is 11.1. The molecular weight excluding hydrogens is 256 g/mol. The summed E-state index contributed by atoms with van der Waals surface area (Å²) in [5, 5.41) is 12.2. The predicted molar refractivity (Wildman–Crippen MR) is 78.2 cm³/mol. The van der Waals surface area contributed by atoms with Crippen molar-refractivity contribution in [2.45, 2.75) is 26.7 Å². The Balaban J connectivity index is 2.42. The molecule has 0 unspecified atom stereocenters. The molecule has 0 bridgehead atoms. The van der Waals surface area contributed by atoms with Crippen molar-refractivity contribution < 1.29 is 0 Å². The average Bonchev–Trinajstić information content (AvgIpc) is 2.93. The number of thiophene rings is 1. The van der Waals surface area contributed by atoms with E-state index in [1.807, 2.05) is 12.1 Å². The van der Waals surface area contributed by atoms with Gasteiger partial charge in [0.1, 0.15) is 23.1 Å². The lowest BCUT2D eigenvalue weighted by Crippen LogP contribution is -2.06. The fourth-order valence-corrected chi connectivity index (χ4v) is 2.71. The van der Waals surface area contributed by atoms with Gasteiger partial charge in [0.2, 0.25) is 0 Å². The summed E-state index contributed by atoms with van der Waals surface area (Å²) in [6.07, 6.45) is 3.50. The summed E-state index contributed by atoms with van der Waals surface area (Å²) >= 11 is 1.47. The molecule has 2 aromatic rings. The maximum Gasteiger partial charge on any atom is 0.133 e. The van der Waals surface area contributed by atoms with Crippen LogP contribution < -0.4 is 5.32 Å².